The molecule has 0 aliphatic heterocycles. The first-order valence-corrected chi connectivity index (χ1v) is 19.2. The Morgan fingerprint density at radius 1 is 0.642 bits per heavy atom. The van der Waals surface area contributed by atoms with Gasteiger partial charge in [-0.1, -0.05) is 59.6 Å². The van der Waals surface area contributed by atoms with Gasteiger partial charge >= 0.3 is 0 Å². The normalized spacial score (nSPS) is 11.0. The number of hydrogen-bond donors (Lipinski definition) is 0. The van der Waals surface area contributed by atoms with Gasteiger partial charge in [-0.05, 0) is 102 Å². The highest BCUT2D eigenvalue weighted by molar-refractivity contribution is 7.12. The van der Waals surface area contributed by atoms with E-state index >= 15 is 0 Å². The molecule has 4 heterocycles. The number of ether oxygens (including phenoxy) is 2. The summed E-state index contributed by atoms with van der Waals surface area (Å²) in [6, 6.07) is 34.8. The third-order valence-corrected chi connectivity index (χ3v) is 11.3. The highest BCUT2D eigenvalue weighted by atomic mass is 35.5. The second kappa shape index (κ2) is 15.9. The quantitative estimate of drug-likeness (QED) is 0.130. The lowest BCUT2D eigenvalue weighted by Crippen LogP contribution is -2.05. The van der Waals surface area contributed by atoms with Crippen LogP contribution in [0.4, 0.5) is 0 Å². The van der Waals surface area contributed by atoms with Crippen LogP contribution in [0.5, 0.6) is 11.5 Å². The second-order valence-corrected chi connectivity index (χ2v) is 15.1. The monoisotopic (exact) mass is 776 g/mol. The first kappa shape index (κ1) is 36.2. The topological polar surface area (TPSA) is 62.5 Å². The van der Waals surface area contributed by atoms with E-state index in [4.69, 9.17) is 32.7 Å². The number of rotatable bonds is 10. The maximum Gasteiger partial charge on any atom is 0.205 e. The van der Waals surface area contributed by atoms with Crippen molar-refractivity contribution in [2.45, 2.75) is 20.0 Å². The van der Waals surface area contributed by atoms with Crippen LogP contribution in [0.2, 0.25) is 10.0 Å². The number of hydrogen-bond acceptors (Lipinski definition) is 6. The molecule has 0 aliphatic rings. The number of thiophene rings is 2. The minimum Gasteiger partial charge on any atom is -0.497 e. The van der Waals surface area contributed by atoms with Crippen molar-refractivity contribution in [3.8, 4) is 11.5 Å². The van der Waals surface area contributed by atoms with Gasteiger partial charge in [0.1, 0.15) is 11.5 Å². The van der Waals surface area contributed by atoms with Crippen molar-refractivity contribution in [2.24, 2.45) is 0 Å². The minimum absolute atomic E-state index is 0.0353. The largest absolute Gasteiger partial charge is 0.497 e. The Morgan fingerprint density at radius 3 is 1.72 bits per heavy atom. The number of aromatic nitrogens is 2. The van der Waals surface area contributed by atoms with Crippen LogP contribution in [0, 0.1) is 6.92 Å². The molecule has 8 aromatic rings. The summed E-state index contributed by atoms with van der Waals surface area (Å²) in [6.07, 6.45) is 1.93. The molecule has 0 unspecified atom stereocenters. The number of methoxy groups -OCH3 is 2. The number of halogens is 2. The van der Waals surface area contributed by atoms with Crippen molar-refractivity contribution >= 4 is 79.2 Å². The van der Waals surface area contributed by atoms with Crippen molar-refractivity contribution in [1.29, 1.82) is 0 Å². The van der Waals surface area contributed by atoms with Crippen LogP contribution in [0.15, 0.2) is 126 Å². The van der Waals surface area contributed by atoms with Crippen LogP contribution in [-0.4, -0.2) is 34.9 Å². The molecule has 8 rings (SSSR count). The number of carbonyl (C=O) groups is 2. The van der Waals surface area contributed by atoms with Crippen molar-refractivity contribution in [3.05, 3.63) is 174 Å². The van der Waals surface area contributed by atoms with E-state index < -0.39 is 0 Å². The van der Waals surface area contributed by atoms with Gasteiger partial charge in [0.25, 0.3) is 0 Å². The van der Waals surface area contributed by atoms with Crippen molar-refractivity contribution in [3.63, 3.8) is 0 Å². The lowest BCUT2D eigenvalue weighted by molar-refractivity contribution is 0.103. The molecule has 266 valence electrons. The van der Waals surface area contributed by atoms with Crippen LogP contribution in [-0.2, 0) is 13.1 Å². The molecule has 6 nitrogen and oxygen atoms in total. The molecule has 0 saturated heterocycles. The minimum atomic E-state index is 0.0353. The molecule has 0 bridgehead atoms. The number of benzene rings is 4. The number of carbonyl (C=O) groups excluding carboxylic acids is 2. The average Bonchev–Trinajstić information content (AvgIpc) is 4.01. The molecular formula is C43H34Cl2N2O4S2. The van der Waals surface area contributed by atoms with Gasteiger partial charge in [0.05, 0.1) is 29.5 Å². The number of nitrogens with zero attached hydrogens (tertiary/aromatic N) is 2. The molecule has 0 aliphatic carbocycles. The van der Waals surface area contributed by atoms with E-state index in [1.807, 2.05) is 133 Å². The first-order valence-electron chi connectivity index (χ1n) is 16.7. The predicted octanol–water partition coefficient (Wildman–Crippen LogP) is 11.6. The standard InChI is InChI=1S/C22H18ClNO2S.C21H16ClNO2S/c1-14-21(22(25)20-4-3-11-27-20)18-12-17(26-2)9-10-19(18)24(14)13-15-5-7-16(23)8-6-15;1-25-16-8-9-19-17(11-16)18(21(24)20-3-2-10-26-20)13-23(19)12-14-4-6-15(22)7-5-14/h3-12H,13H2,1-2H3;2-11,13H,12H2,1H3. The summed E-state index contributed by atoms with van der Waals surface area (Å²) in [5.74, 6) is 1.57. The summed E-state index contributed by atoms with van der Waals surface area (Å²) in [5.41, 5.74) is 6.65. The molecular weight excluding hydrogens is 744 g/mol. The van der Waals surface area contributed by atoms with Crippen LogP contribution in [0.3, 0.4) is 0 Å². The summed E-state index contributed by atoms with van der Waals surface area (Å²) in [4.78, 5) is 27.6. The smallest absolute Gasteiger partial charge is 0.205 e. The van der Waals surface area contributed by atoms with Crippen molar-refractivity contribution < 1.29 is 19.1 Å². The second-order valence-electron chi connectivity index (χ2n) is 12.3. The van der Waals surface area contributed by atoms with E-state index in [1.54, 1.807) is 14.2 Å². The first-order chi connectivity index (χ1) is 25.7. The van der Waals surface area contributed by atoms with E-state index in [1.165, 1.54) is 22.7 Å². The number of fused-ring (bicyclic) bond motifs is 2. The summed E-state index contributed by atoms with van der Waals surface area (Å²) >= 11 is 14.9. The lowest BCUT2D eigenvalue weighted by atomic mass is 10.1. The molecule has 0 amide bonds. The molecule has 0 atom stereocenters. The van der Waals surface area contributed by atoms with Gasteiger partial charge in [0, 0.05) is 62.4 Å². The maximum atomic E-state index is 13.2. The summed E-state index contributed by atoms with van der Waals surface area (Å²) in [5, 5.41) is 7.09. The van der Waals surface area contributed by atoms with E-state index in [0.29, 0.717) is 28.7 Å². The Morgan fingerprint density at radius 2 is 1.17 bits per heavy atom. The fourth-order valence-corrected chi connectivity index (χ4v) is 8.02. The molecule has 4 aromatic heterocycles. The summed E-state index contributed by atoms with van der Waals surface area (Å²) < 4.78 is 15.0. The fraction of sp³-hybridized carbons (Fsp3) is 0.116. The lowest BCUT2D eigenvalue weighted by Gasteiger charge is -2.09. The van der Waals surface area contributed by atoms with Crippen molar-refractivity contribution in [2.75, 3.05) is 14.2 Å². The highest BCUT2D eigenvalue weighted by Crippen LogP contribution is 2.33. The summed E-state index contributed by atoms with van der Waals surface area (Å²) in [6.45, 7) is 3.34. The zero-order chi connectivity index (χ0) is 37.1. The molecule has 0 N–H and O–H groups in total. The van der Waals surface area contributed by atoms with Gasteiger partial charge in [0.2, 0.25) is 11.6 Å². The highest BCUT2D eigenvalue weighted by Gasteiger charge is 2.23. The Bertz CT molecular complexity index is 2530. The predicted molar refractivity (Wildman–Crippen MR) is 218 cm³/mol. The fourth-order valence-electron chi connectivity index (χ4n) is 6.42. The van der Waals surface area contributed by atoms with E-state index in [-0.39, 0.29) is 11.6 Å². The molecule has 53 heavy (non-hydrogen) atoms. The molecule has 10 heteroatoms. The van der Waals surface area contributed by atoms with Gasteiger partial charge in [-0.2, -0.15) is 0 Å². The van der Waals surface area contributed by atoms with Gasteiger partial charge in [0.15, 0.2) is 0 Å². The Labute approximate surface area is 325 Å². The van der Waals surface area contributed by atoms with Gasteiger partial charge in [-0.3, -0.25) is 9.59 Å². The SMILES string of the molecule is COc1ccc2c(c1)c(C(=O)c1cccs1)c(C)n2Cc1ccc(Cl)cc1.COc1ccc2c(c1)c(C(=O)c1cccs1)cn2Cc1ccc(Cl)cc1. The molecule has 0 radical (unpaired) electrons. The maximum absolute atomic E-state index is 13.2. The van der Waals surface area contributed by atoms with Gasteiger partial charge < -0.3 is 18.6 Å². The van der Waals surface area contributed by atoms with E-state index in [9.17, 15) is 9.59 Å². The van der Waals surface area contributed by atoms with Crippen LogP contribution in [0.25, 0.3) is 21.8 Å². The van der Waals surface area contributed by atoms with Crippen LogP contribution in [0.1, 0.15) is 47.3 Å². The van der Waals surface area contributed by atoms with E-state index in [2.05, 4.69) is 9.13 Å². The Hall–Kier alpha value is -5.12. The zero-order valence-electron chi connectivity index (χ0n) is 29.1. The van der Waals surface area contributed by atoms with Gasteiger partial charge in [-0.15, -0.1) is 22.7 Å². The zero-order valence-corrected chi connectivity index (χ0v) is 32.3. The molecule has 0 saturated carbocycles. The molecule has 0 spiro atoms. The summed E-state index contributed by atoms with van der Waals surface area (Å²) in [7, 11) is 3.27. The number of ketones is 2. The average molecular weight is 778 g/mol. The third-order valence-electron chi connectivity index (χ3n) is 9.10. The molecule has 0 fully saturated rings. The third kappa shape index (κ3) is 7.68. The molecule has 4 aromatic carbocycles. The Kier molecular flexibility index (Phi) is 10.8. The van der Waals surface area contributed by atoms with Crippen LogP contribution >= 0.6 is 45.9 Å². The van der Waals surface area contributed by atoms with Crippen molar-refractivity contribution in [1.82, 2.24) is 9.13 Å². The van der Waals surface area contributed by atoms with Crippen LogP contribution < -0.4 is 9.47 Å². The Balaban J connectivity index is 0.000000164. The van der Waals surface area contributed by atoms with E-state index in [0.717, 1.165) is 65.4 Å². The van der Waals surface area contributed by atoms with Gasteiger partial charge in [-0.25, -0.2) is 0 Å².